The number of alkyl halides is 3. The van der Waals surface area contributed by atoms with Gasteiger partial charge in [-0.1, -0.05) is 34.8 Å². The summed E-state index contributed by atoms with van der Waals surface area (Å²) >= 11 is 17.3. The summed E-state index contributed by atoms with van der Waals surface area (Å²) in [4.78, 5) is 2.35. The van der Waals surface area contributed by atoms with Crippen molar-refractivity contribution < 1.29 is 21.6 Å². The molecule has 0 bridgehead atoms. The number of sulfone groups is 1. The summed E-state index contributed by atoms with van der Waals surface area (Å²) in [6, 6.07) is 6.44. The first-order chi connectivity index (χ1) is 11.5. The highest BCUT2D eigenvalue weighted by molar-refractivity contribution is 7.92. The van der Waals surface area contributed by atoms with Crippen molar-refractivity contribution in [1.82, 2.24) is 0 Å². The van der Waals surface area contributed by atoms with Crippen LogP contribution in [0.4, 0.5) is 13.2 Å². The largest absolute Gasteiger partial charge is 0.450 e. The van der Waals surface area contributed by atoms with E-state index in [1.165, 1.54) is 0 Å². The Kier molecular flexibility index (Phi) is 4.31. The van der Waals surface area contributed by atoms with Gasteiger partial charge in [-0.25, -0.2) is 18.4 Å². The van der Waals surface area contributed by atoms with Crippen molar-refractivity contribution in [1.29, 1.82) is 0 Å². The number of fused-ring (bicyclic) bond motifs is 1. The number of halogens is 6. The highest BCUT2D eigenvalue weighted by Gasteiger charge is 2.66. The predicted octanol–water partition coefficient (Wildman–Crippen LogP) is 3.59. The molecule has 1 aliphatic rings. The highest BCUT2D eigenvalue weighted by atomic mass is 35.5. The summed E-state index contributed by atoms with van der Waals surface area (Å²) in [6.07, 6.45) is -5.33. The van der Waals surface area contributed by atoms with Crippen molar-refractivity contribution in [2.24, 2.45) is 9.98 Å². The molecule has 1 heterocycles. The second-order valence-corrected chi connectivity index (χ2v) is 8.37. The molecule has 0 saturated carbocycles. The molecule has 2 aromatic carbocycles. The second kappa shape index (κ2) is 5.84. The van der Waals surface area contributed by atoms with Crippen LogP contribution in [-0.2, 0) is 9.84 Å². The molecule has 2 aromatic rings. The molecule has 1 unspecified atom stereocenters. The lowest BCUT2D eigenvalue weighted by atomic mass is 10.3. The molecule has 1 atom stereocenters. The molecule has 0 aliphatic carbocycles. The Balaban J connectivity index is 2.37. The van der Waals surface area contributed by atoms with Gasteiger partial charge in [-0.2, -0.15) is 13.2 Å². The summed E-state index contributed by atoms with van der Waals surface area (Å²) in [6.45, 7) is 0. The first-order valence-corrected chi connectivity index (χ1v) is 9.11. The van der Waals surface area contributed by atoms with Crippen LogP contribution in [0.25, 0.3) is 0 Å². The summed E-state index contributed by atoms with van der Waals surface area (Å²) in [5, 5.41) is -0.806. The number of nitrogens with zero attached hydrogens (tertiary/aromatic N) is 2. The molecule has 11 heteroatoms. The van der Waals surface area contributed by atoms with E-state index in [-0.39, 0.29) is 25.8 Å². The van der Waals surface area contributed by atoms with E-state index in [2.05, 4.69) is 9.98 Å². The molecule has 4 nitrogen and oxygen atoms in total. The SMILES string of the molecule is O=S(=O)(c1ccc(Cl)cc1)C1(C(F)(F)F)N=c2cc(Cl)cc(Cl)c2=N1. The van der Waals surface area contributed by atoms with Crippen molar-refractivity contribution in [2.75, 3.05) is 0 Å². The smallest absolute Gasteiger partial charge is 0.230 e. The normalized spacial score (nSPS) is 19.9. The first kappa shape index (κ1) is 18.4. The van der Waals surface area contributed by atoms with Gasteiger partial charge in [-0.05, 0) is 36.4 Å². The van der Waals surface area contributed by atoms with Crippen LogP contribution in [0, 0.1) is 0 Å². The van der Waals surface area contributed by atoms with Gasteiger partial charge in [-0.3, -0.25) is 0 Å². The lowest BCUT2D eigenvalue weighted by Crippen LogP contribution is -2.48. The van der Waals surface area contributed by atoms with Crippen molar-refractivity contribution in [3.8, 4) is 0 Å². The summed E-state index contributed by atoms with van der Waals surface area (Å²) in [5.41, 5.74) is 0. The highest BCUT2D eigenvalue weighted by Crippen LogP contribution is 2.43. The molecule has 0 spiro atoms. The van der Waals surface area contributed by atoms with Gasteiger partial charge in [0.15, 0.2) is 0 Å². The fraction of sp³-hybridized carbons (Fsp3) is 0.143. The second-order valence-electron chi connectivity index (χ2n) is 5.04. The van der Waals surface area contributed by atoms with E-state index >= 15 is 0 Å². The Hall–Kier alpha value is -1.35. The molecular weight excluding hydrogens is 424 g/mol. The van der Waals surface area contributed by atoms with Gasteiger partial charge in [-0.15, -0.1) is 0 Å². The van der Waals surface area contributed by atoms with Gasteiger partial charge < -0.3 is 0 Å². The molecule has 0 amide bonds. The molecule has 0 radical (unpaired) electrons. The van der Waals surface area contributed by atoms with Crippen LogP contribution in [0.2, 0.25) is 15.1 Å². The predicted molar refractivity (Wildman–Crippen MR) is 86.2 cm³/mol. The lowest BCUT2D eigenvalue weighted by Gasteiger charge is -2.25. The number of rotatable bonds is 2. The topological polar surface area (TPSA) is 58.9 Å². The molecule has 0 saturated heterocycles. The molecule has 0 fully saturated rings. The average molecular weight is 430 g/mol. The van der Waals surface area contributed by atoms with E-state index < -0.39 is 25.9 Å². The minimum absolute atomic E-state index is 0.00423. The molecule has 3 rings (SSSR count). The molecule has 0 aromatic heterocycles. The van der Waals surface area contributed by atoms with Crippen LogP contribution in [0.5, 0.6) is 0 Å². The minimum Gasteiger partial charge on any atom is -0.230 e. The van der Waals surface area contributed by atoms with Crippen LogP contribution in [-0.4, -0.2) is 19.6 Å². The van der Waals surface area contributed by atoms with E-state index in [1.807, 2.05) is 0 Å². The van der Waals surface area contributed by atoms with Gasteiger partial charge in [0.25, 0.3) is 0 Å². The summed E-state index contributed by atoms with van der Waals surface area (Å²) in [5.74, 6) is 0. The monoisotopic (exact) mass is 428 g/mol. The van der Waals surface area contributed by atoms with Gasteiger partial charge in [0.1, 0.15) is 5.36 Å². The Morgan fingerprint density at radius 3 is 2.08 bits per heavy atom. The van der Waals surface area contributed by atoms with Crippen molar-refractivity contribution in [2.45, 2.75) is 16.1 Å². The standard InChI is InChI=1S/C14H6Cl3F3N2O2S/c15-7-1-3-9(4-2-7)25(23,24)14(13(18,19)20)21-11-6-8(16)5-10(17)12(11)22-14/h1-6H. The average Bonchev–Trinajstić information content (AvgIpc) is 2.89. The molecule has 25 heavy (non-hydrogen) atoms. The zero-order valence-electron chi connectivity index (χ0n) is 11.9. The minimum atomic E-state index is -5.33. The molecule has 1 aliphatic heterocycles. The number of benzene rings is 2. The van der Waals surface area contributed by atoms with E-state index in [1.54, 1.807) is 0 Å². The van der Waals surface area contributed by atoms with E-state index in [4.69, 9.17) is 34.8 Å². The number of hydrogen-bond donors (Lipinski definition) is 0. The Labute approximate surface area is 154 Å². The Bertz CT molecular complexity index is 1090. The quantitative estimate of drug-likeness (QED) is 0.732. The van der Waals surface area contributed by atoms with Crippen LogP contribution < -0.4 is 10.7 Å². The zero-order chi connectivity index (χ0) is 18.6. The summed E-state index contributed by atoms with van der Waals surface area (Å²) in [7, 11) is -5.09. The molecular formula is C14H6Cl3F3N2O2S. The van der Waals surface area contributed by atoms with Crippen LogP contribution in [0.15, 0.2) is 51.3 Å². The van der Waals surface area contributed by atoms with Gasteiger partial charge in [0.2, 0.25) is 9.84 Å². The Morgan fingerprint density at radius 2 is 1.52 bits per heavy atom. The fourth-order valence-corrected chi connectivity index (χ4v) is 4.47. The van der Waals surface area contributed by atoms with E-state index in [0.717, 1.165) is 36.4 Å². The maximum atomic E-state index is 13.8. The third kappa shape index (κ3) is 2.81. The van der Waals surface area contributed by atoms with Crippen molar-refractivity contribution >= 4 is 44.6 Å². The van der Waals surface area contributed by atoms with Gasteiger partial charge >= 0.3 is 11.2 Å². The third-order valence-electron chi connectivity index (χ3n) is 3.41. The maximum Gasteiger partial charge on any atom is 0.450 e. The van der Waals surface area contributed by atoms with Crippen molar-refractivity contribution in [3.63, 3.8) is 0 Å². The summed E-state index contributed by atoms with van der Waals surface area (Å²) < 4.78 is 66.9. The maximum absolute atomic E-state index is 13.8. The van der Waals surface area contributed by atoms with Crippen LogP contribution in [0.1, 0.15) is 0 Å². The lowest BCUT2D eigenvalue weighted by molar-refractivity contribution is -0.158. The van der Waals surface area contributed by atoms with Crippen LogP contribution >= 0.6 is 34.8 Å². The molecule has 0 N–H and O–H groups in total. The van der Waals surface area contributed by atoms with Gasteiger partial charge in [0, 0.05) is 10.0 Å². The fourth-order valence-electron chi connectivity index (χ4n) is 2.27. The molecule has 132 valence electrons. The van der Waals surface area contributed by atoms with Crippen molar-refractivity contribution in [3.05, 3.63) is 62.2 Å². The Morgan fingerprint density at radius 1 is 0.920 bits per heavy atom. The number of hydrogen-bond acceptors (Lipinski definition) is 4. The third-order valence-corrected chi connectivity index (χ3v) is 6.23. The van der Waals surface area contributed by atoms with E-state index in [0.29, 0.717) is 0 Å². The van der Waals surface area contributed by atoms with Crippen LogP contribution in [0.3, 0.4) is 0 Å². The van der Waals surface area contributed by atoms with E-state index in [9.17, 15) is 21.6 Å². The zero-order valence-corrected chi connectivity index (χ0v) is 14.9. The van der Waals surface area contributed by atoms with Gasteiger partial charge in [0.05, 0.1) is 15.3 Å². The first-order valence-electron chi connectivity index (χ1n) is 6.50.